The predicted octanol–water partition coefficient (Wildman–Crippen LogP) is 1.76. The fourth-order valence-corrected chi connectivity index (χ4v) is 2.29. The number of nitrogen functional groups attached to an aromatic ring is 1. The van der Waals surface area contributed by atoms with Crippen molar-refractivity contribution in [2.24, 2.45) is 0 Å². The van der Waals surface area contributed by atoms with E-state index in [1.54, 1.807) is 6.20 Å². The molecule has 19 heavy (non-hydrogen) atoms. The lowest BCUT2D eigenvalue weighted by Crippen LogP contribution is -2.16. The molecular formula is C14H16N4O. The summed E-state index contributed by atoms with van der Waals surface area (Å²) in [5, 5.41) is 0. The topological polar surface area (TPSA) is 73.9 Å². The summed E-state index contributed by atoms with van der Waals surface area (Å²) in [5.74, 6) is 1.13. The highest BCUT2D eigenvalue weighted by molar-refractivity contribution is 5.58. The molecule has 1 aliphatic rings. The molecule has 2 N–H and O–H groups in total. The van der Waals surface area contributed by atoms with Crippen LogP contribution in [0.2, 0.25) is 0 Å². The maximum Gasteiger partial charge on any atom is 0.180 e. The first kappa shape index (κ1) is 12.0. The van der Waals surface area contributed by atoms with Crippen LogP contribution in [0, 0.1) is 0 Å². The number of nitrogens with two attached hydrogens (primary N) is 1. The Hall–Kier alpha value is -2.01. The summed E-state index contributed by atoms with van der Waals surface area (Å²) in [6.07, 6.45) is 3.44. The summed E-state index contributed by atoms with van der Waals surface area (Å²) in [4.78, 5) is 13.4. The summed E-state index contributed by atoms with van der Waals surface area (Å²) in [7, 11) is 0. The van der Waals surface area contributed by atoms with Crippen LogP contribution >= 0.6 is 0 Å². The molecule has 3 rings (SSSR count). The number of ether oxygens (including phenoxy) is 1. The van der Waals surface area contributed by atoms with Gasteiger partial charge in [0.2, 0.25) is 0 Å². The van der Waals surface area contributed by atoms with Crippen molar-refractivity contribution in [2.75, 3.05) is 12.3 Å². The van der Waals surface area contributed by atoms with Crippen molar-refractivity contribution in [1.29, 1.82) is 0 Å². The van der Waals surface area contributed by atoms with Crippen LogP contribution in [0.5, 0.6) is 0 Å². The molecule has 0 saturated carbocycles. The molecule has 0 fully saturated rings. The van der Waals surface area contributed by atoms with E-state index in [9.17, 15) is 0 Å². The first-order chi connectivity index (χ1) is 9.29. The van der Waals surface area contributed by atoms with Crippen LogP contribution in [0.25, 0.3) is 11.5 Å². The molecule has 0 aliphatic carbocycles. The van der Waals surface area contributed by atoms with Gasteiger partial charge in [0.15, 0.2) is 5.82 Å². The summed E-state index contributed by atoms with van der Waals surface area (Å²) in [6.45, 7) is 3.28. The number of hydrogen-bond acceptors (Lipinski definition) is 5. The van der Waals surface area contributed by atoms with Crippen molar-refractivity contribution in [1.82, 2.24) is 15.0 Å². The van der Waals surface area contributed by atoms with Crippen molar-refractivity contribution in [2.45, 2.75) is 26.4 Å². The van der Waals surface area contributed by atoms with Gasteiger partial charge in [-0.3, -0.25) is 4.98 Å². The van der Waals surface area contributed by atoms with Gasteiger partial charge in [-0.05, 0) is 18.1 Å². The molecule has 2 aromatic heterocycles. The third-order valence-corrected chi connectivity index (χ3v) is 3.34. The Morgan fingerprint density at radius 3 is 3.11 bits per heavy atom. The summed E-state index contributed by atoms with van der Waals surface area (Å²) < 4.78 is 5.39. The molecule has 0 unspecified atom stereocenters. The maximum atomic E-state index is 6.01. The van der Waals surface area contributed by atoms with Gasteiger partial charge in [-0.25, -0.2) is 9.97 Å². The molecule has 1 aliphatic heterocycles. The maximum absolute atomic E-state index is 6.01. The van der Waals surface area contributed by atoms with Gasteiger partial charge in [-0.1, -0.05) is 13.0 Å². The largest absolute Gasteiger partial charge is 0.383 e. The lowest BCUT2D eigenvalue weighted by molar-refractivity contribution is 0.109. The summed E-state index contributed by atoms with van der Waals surface area (Å²) in [5.41, 5.74) is 9.88. The predicted molar refractivity (Wildman–Crippen MR) is 72.4 cm³/mol. The lowest BCUT2D eigenvalue weighted by atomic mass is 10.1. The van der Waals surface area contributed by atoms with Gasteiger partial charge in [0, 0.05) is 18.2 Å². The molecule has 0 radical (unpaired) electrons. The zero-order valence-corrected chi connectivity index (χ0v) is 10.9. The van der Waals surface area contributed by atoms with Crippen molar-refractivity contribution in [3.8, 4) is 11.5 Å². The van der Waals surface area contributed by atoms with Crippen LogP contribution in [-0.4, -0.2) is 21.6 Å². The molecule has 3 heterocycles. The molecule has 5 nitrogen and oxygen atoms in total. The second-order valence-corrected chi connectivity index (χ2v) is 4.52. The van der Waals surface area contributed by atoms with E-state index in [4.69, 9.17) is 10.5 Å². The van der Waals surface area contributed by atoms with Crippen LogP contribution in [0.15, 0.2) is 18.3 Å². The van der Waals surface area contributed by atoms with Gasteiger partial charge in [0.25, 0.3) is 0 Å². The Kier molecular flexibility index (Phi) is 3.13. The molecule has 0 atom stereocenters. The first-order valence-corrected chi connectivity index (χ1v) is 6.47. The average Bonchev–Trinajstić information content (AvgIpc) is 2.47. The monoisotopic (exact) mass is 256 g/mol. The van der Waals surface area contributed by atoms with Crippen LogP contribution in [0.1, 0.15) is 23.7 Å². The molecule has 98 valence electrons. The highest BCUT2D eigenvalue weighted by Crippen LogP contribution is 2.25. The zero-order valence-electron chi connectivity index (χ0n) is 10.9. The number of hydrogen-bond donors (Lipinski definition) is 1. The minimum Gasteiger partial charge on any atom is -0.383 e. The molecule has 0 aromatic carbocycles. The number of rotatable bonds is 2. The Morgan fingerprint density at radius 1 is 1.37 bits per heavy atom. The minimum absolute atomic E-state index is 0.504. The fraction of sp³-hybridized carbons (Fsp3) is 0.357. The number of nitrogens with zero attached hydrogens (tertiary/aromatic N) is 3. The number of fused-ring (bicyclic) bond motifs is 1. The van der Waals surface area contributed by atoms with Crippen LogP contribution in [0.3, 0.4) is 0 Å². The van der Waals surface area contributed by atoms with E-state index in [0.717, 1.165) is 35.4 Å². The quantitative estimate of drug-likeness (QED) is 0.886. The summed E-state index contributed by atoms with van der Waals surface area (Å²) >= 11 is 0. The van der Waals surface area contributed by atoms with E-state index in [1.807, 2.05) is 12.1 Å². The minimum atomic E-state index is 0.504. The van der Waals surface area contributed by atoms with Crippen LogP contribution < -0.4 is 5.73 Å². The Balaban J connectivity index is 2.13. The second-order valence-electron chi connectivity index (χ2n) is 4.52. The summed E-state index contributed by atoms with van der Waals surface area (Å²) in [6, 6.07) is 3.97. The van der Waals surface area contributed by atoms with Crippen LogP contribution in [-0.2, 0) is 24.2 Å². The molecular weight excluding hydrogens is 240 g/mol. The number of aryl methyl sites for hydroxylation is 1. The number of pyridine rings is 1. The van der Waals surface area contributed by atoms with E-state index in [2.05, 4.69) is 21.9 Å². The van der Waals surface area contributed by atoms with Crippen molar-refractivity contribution < 1.29 is 4.74 Å². The third kappa shape index (κ3) is 2.17. The van der Waals surface area contributed by atoms with Crippen LogP contribution in [0.4, 0.5) is 5.82 Å². The van der Waals surface area contributed by atoms with E-state index in [-0.39, 0.29) is 0 Å². The van der Waals surface area contributed by atoms with Gasteiger partial charge < -0.3 is 10.5 Å². The molecule has 0 amide bonds. The van der Waals surface area contributed by atoms with Gasteiger partial charge in [-0.15, -0.1) is 0 Å². The average molecular weight is 256 g/mol. The first-order valence-electron chi connectivity index (χ1n) is 6.47. The van der Waals surface area contributed by atoms with E-state index < -0.39 is 0 Å². The smallest absolute Gasteiger partial charge is 0.180 e. The zero-order chi connectivity index (χ0) is 13.2. The second kappa shape index (κ2) is 4.93. The van der Waals surface area contributed by atoms with Gasteiger partial charge in [0.1, 0.15) is 11.5 Å². The van der Waals surface area contributed by atoms with Gasteiger partial charge in [-0.2, -0.15) is 0 Å². The Labute approximate surface area is 111 Å². The Bertz CT molecular complexity index is 612. The van der Waals surface area contributed by atoms with E-state index >= 15 is 0 Å². The SMILES string of the molecule is CCc1cccnc1-c1nc(N)c2c(n1)CCOC2. The van der Waals surface area contributed by atoms with Crippen molar-refractivity contribution in [3.05, 3.63) is 35.2 Å². The van der Waals surface area contributed by atoms with Crippen molar-refractivity contribution in [3.63, 3.8) is 0 Å². The number of aromatic nitrogens is 3. The Morgan fingerprint density at radius 2 is 2.26 bits per heavy atom. The molecule has 2 aromatic rings. The fourth-order valence-electron chi connectivity index (χ4n) is 2.29. The highest BCUT2D eigenvalue weighted by Gasteiger charge is 2.18. The molecule has 5 heteroatoms. The third-order valence-electron chi connectivity index (χ3n) is 3.34. The van der Waals surface area contributed by atoms with Crippen molar-refractivity contribution >= 4 is 5.82 Å². The van der Waals surface area contributed by atoms with Gasteiger partial charge in [0.05, 0.1) is 18.9 Å². The normalized spacial score (nSPS) is 14.2. The standard InChI is InChI=1S/C14H16N4O/c1-2-9-4-3-6-16-12(9)14-17-11-5-7-19-8-10(11)13(15)18-14/h3-4,6H,2,5,7-8H2,1H3,(H2,15,17,18). The molecule has 0 spiro atoms. The van der Waals surface area contributed by atoms with E-state index in [0.29, 0.717) is 24.9 Å². The lowest BCUT2D eigenvalue weighted by Gasteiger charge is -2.18. The molecule has 0 bridgehead atoms. The molecule has 0 saturated heterocycles. The van der Waals surface area contributed by atoms with E-state index in [1.165, 1.54) is 0 Å². The van der Waals surface area contributed by atoms with Gasteiger partial charge >= 0.3 is 0 Å². The number of anilines is 1. The highest BCUT2D eigenvalue weighted by atomic mass is 16.5.